The van der Waals surface area contributed by atoms with Crippen LogP contribution in [0.3, 0.4) is 0 Å². The lowest BCUT2D eigenvalue weighted by molar-refractivity contribution is -0.248. The van der Waals surface area contributed by atoms with Gasteiger partial charge in [0, 0.05) is 24.7 Å². The molecule has 0 spiro atoms. The van der Waals surface area contributed by atoms with Crippen molar-refractivity contribution in [3.63, 3.8) is 0 Å². The van der Waals surface area contributed by atoms with Crippen LogP contribution in [-0.4, -0.2) is 42.7 Å². The third-order valence-corrected chi connectivity index (χ3v) is 4.70. The highest BCUT2D eigenvalue weighted by Crippen LogP contribution is 2.48. The van der Waals surface area contributed by atoms with Crippen molar-refractivity contribution in [2.24, 2.45) is 4.99 Å². The largest absolute Gasteiger partial charge is 0.496 e. The number of aliphatic hydroxyl groups is 1. The van der Waals surface area contributed by atoms with Crippen molar-refractivity contribution in [3.8, 4) is 5.75 Å². The van der Waals surface area contributed by atoms with E-state index in [9.17, 15) is 18.3 Å². The smallest absolute Gasteiger partial charge is 0.425 e. The Labute approximate surface area is 163 Å². The number of benzene rings is 2. The molecule has 0 aliphatic heterocycles. The Kier molecular flexibility index (Phi) is 6.39. The van der Waals surface area contributed by atoms with Crippen molar-refractivity contribution in [2.75, 3.05) is 14.2 Å². The first-order valence-electron chi connectivity index (χ1n) is 8.82. The predicted octanol–water partition coefficient (Wildman–Crippen LogP) is 4.80. The second kappa shape index (κ2) is 8.22. The second-order valence-electron chi connectivity index (χ2n) is 6.92. The van der Waals surface area contributed by atoms with Crippen molar-refractivity contribution in [2.45, 2.75) is 38.6 Å². The van der Waals surface area contributed by atoms with E-state index in [0.29, 0.717) is 11.3 Å². The molecular formula is C21H25F3N2O2. The van der Waals surface area contributed by atoms with Crippen LogP contribution in [0.25, 0.3) is 0 Å². The lowest BCUT2D eigenvalue weighted by Gasteiger charge is -2.33. The maximum Gasteiger partial charge on any atom is 0.425 e. The maximum absolute atomic E-state index is 14.0. The van der Waals surface area contributed by atoms with Crippen LogP contribution < -0.4 is 4.74 Å². The Bertz CT molecular complexity index is 836. The number of nitrogens with zero attached hydrogens (tertiary/aromatic N) is 2. The van der Waals surface area contributed by atoms with Crippen molar-refractivity contribution in [3.05, 3.63) is 59.2 Å². The first-order chi connectivity index (χ1) is 13.0. The number of ether oxygens (including phenoxy) is 1. The zero-order valence-electron chi connectivity index (χ0n) is 16.6. The zero-order chi connectivity index (χ0) is 21.1. The standard InChI is InChI=1S/C21H25F3N2O2/c1-14(2)26(4)13-25-18-12-19(28-5)17(11-15(18)3)20(27,21(22,23)24)16-9-7-6-8-10-16/h6-14,27H,1-5H3/t20-/m1/s1. The van der Waals surface area contributed by atoms with E-state index in [2.05, 4.69) is 4.99 Å². The van der Waals surface area contributed by atoms with Gasteiger partial charge in [-0.15, -0.1) is 0 Å². The highest BCUT2D eigenvalue weighted by molar-refractivity contribution is 5.66. The summed E-state index contributed by atoms with van der Waals surface area (Å²) in [6.45, 7) is 5.63. The fourth-order valence-electron chi connectivity index (χ4n) is 2.71. The van der Waals surface area contributed by atoms with Gasteiger partial charge in [-0.25, -0.2) is 4.99 Å². The molecule has 0 fully saturated rings. The van der Waals surface area contributed by atoms with Gasteiger partial charge >= 0.3 is 6.18 Å². The summed E-state index contributed by atoms with van der Waals surface area (Å²) < 4.78 is 47.3. The van der Waals surface area contributed by atoms with Gasteiger partial charge in [-0.1, -0.05) is 30.3 Å². The molecule has 0 amide bonds. The number of alkyl halides is 3. The van der Waals surface area contributed by atoms with Crippen molar-refractivity contribution in [1.82, 2.24) is 4.90 Å². The van der Waals surface area contributed by atoms with Crippen LogP contribution in [0.15, 0.2) is 47.5 Å². The quantitative estimate of drug-likeness (QED) is 0.565. The summed E-state index contributed by atoms with van der Waals surface area (Å²) in [6, 6.07) is 9.89. The third kappa shape index (κ3) is 4.14. The van der Waals surface area contributed by atoms with E-state index in [1.807, 2.05) is 25.8 Å². The molecule has 1 N–H and O–H groups in total. The van der Waals surface area contributed by atoms with E-state index in [-0.39, 0.29) is 22.9 Å². The summed E-state index contributed by atoms with van der Waals surface area (Å²) in [5, 5.41) is 10.9. The molecule has 2 aromatic rings. The number of aryl methyl sites for hydroxylation is 1. The number of aliphatic imine (C=N–C) groups is 1. The molecule has 0 saturated heterocycles. The number of halogens is 3. The lowest BCUT2D eigenvalue weighted by atomic mass is 9.84. The Hall–Kier alpha value is -2.54. The van der Waals surface area contributed by atoms with Gasteiger partial charge < -0.3 is 14.7 Å². The average molecular weight is 394 g/mol. The van der Waals surface area contributed by atoms with Gasteiger partial charge in [0.15, 0.2) is 0 Å². The first kappa shape index (κ1) is 21.8. The van der Waals surface area contributed by atoms with Crippen LogP contribution >= 0.6 is 0 Å². The molecule has 1 atom stereocenters. The molecule has 152 valence electrons. The highest BCUT2D eigenvalue weighted by atomic mass is 19.4. The number of rotatable bonds is 6. The lowest BCUT2D eigenvalue weighted by Crippen LogP contribution is -2.43. The molecule has 28 heavy (non-hydrogen) atoms. The highest BCUT2D eigenvalue weighted by Gasteiger charge is 2.57. The maximum atomic E-state index is 14.0. The summed E-state index contributed by atoms with van der Waals surface area (Å²) in [7, 11) is 3.12. The van der Waals surface area contributed by atoms with Crippen LogP contribution in [0.5, 0.6) is 5.75 Å². The Morgan fingerprint density at radius 1 is 1.14 bits per heavy atom. The van der Waals surface area contributed by atoms with Crippen LogP contribution in [0.4, 0.5) is 18.9 Å². The molecule has 2 aromatic carbocycles. The van der Waals surface area contributed by atoms with Crippen LogP contribution in [-0.2, 0) is 5.60 Å². The molecule has 4 nitrogen and oxygen atoms in total. The van der Waals surface area contributed by atoms with Gasteiger partial charge in [0.25, 0.3) is 0 Å². The number of methoxy groups -OCH3 is 1. The third-order valence-electron chi connectivity index (χ3n) is 4.70. The molecular weight excluding hydrogens is 369 g/mol. The van der Waals surface area contributed by atoms with E-state index >= 15 is 0 Å². The van der Waals surface area contributed by atoms with E-state index in [0.717, 1.165) is 0 Å². The van der Waals surface area contributed by atoms with Crippen molar-refractivity contribution < 1.29 is 23.0 Å². The number of hydrogen-bond acceptors (Lipinski definition) is 3. The predicted molar refractivity (Wildman–Crippen MR) is 104 cm³/mol. The minimum Gasteiger partial charge on any atom is -0.496 e. The minimum absolute atomic E-state index is 0.0892. The van der Waals surface area contributed by atoms with Crippen LogP contribution in [0.1, 0.15) is 30.5 Å². The molecule has 0 unspecified atom stereocenters. The molecule has 0 aliphatic carbocycles. The van der Waals surface area contributed by atoms with E-state index in [1.165, 1.54) is 43.5 Å². The second-order valence-corrected chi connectivity index (χ2v) is 6.92. The molecule has 7 heteroatoms. The fraction of sp³-hybridized carbons (Fsp3) is 0.381. The SMILES string of the molecule is COc1cc(N=CN(C)C(C)C)c(C)cc1[C@](O)(c1ccccc1)C(F)(F)F. The summed E-state index contributed by atoms with van der Waals surface area (Å²) >= 11 is 0. The molecule has 0 saturated carbocycles. The summed E-state index contributed by atoms with van der Waals surface area (Å²) in [5.74, 6) is -0.0892. The summed E-state index contributed by atoms with van der Waals surface area (Å²) in [6.07, 6.45) is -3.34. The van der Waals surface area contributed by atoms with Gasteiger partial charge in [-0.3, -0.25) is 0 Å². The van der Waals surface area contributed by atoms with E-state index in [4.69, 9.17) is 4.74 Å². The summed E-state index contributed by atoms with van der Waals surface area (Å²) in [5.41, 5.74) is -2.91. The molecule has 0 bridgehead atoms. The van der Waals surface area contributed by atoms with Gasteiger partial charge in [0.2, 0.25) is 5.60 Å². The Morgan fingerprint density at radius 3 is 2.25 bits per heavy atom. The van der Waals surface area contributed by atoms with Crippen LogP contribution in [0.2, 0.25) is 0 Å². The van der Waals surface area contributed by atoms with Crippen molar-refractivity contribution >= 4 is 12.0 Å². The monoisotopic (exact) mass is 394 g/mol. The van der Waals surface area contributed by atoms with Gasteiger partial charge in [0.1, 0.15) is 5.75 Å². The average Bonchev–Trinajstić information content (AvgIpc) is 2.65. The molecule has 0 aliphatic rings. The van der Waals surface area contributed by atoms with E-state index < -0.39 is 11.8 Å². The van der Waals surface area contributed by atoms with E-state index in [1.54, 1.807) is 19.3 Å². The van der Waals surface area contributed by atoms with Gasteiger partial charge in [-0.2, -0.15) is 13.2 Å². The van der Waals surface area contributed by atoms with Gasteiger partial charge in [0.05, 0.1) is 19.1 Å². The molecule has 0 radical (unpaired) electrons. The molecule has 0 heterocycles. The Morgan fingerprint density at radius 2 is 1.75 bits per heavy atom. The molecule has 2 rings (SSSR count). The Balaban J connectivity index is 2.65. The minimum atomic E-state index is -4.95. The topological polar surface area (TPSA) is 45.1 Å². The first-order valence-corrected chi connectivity index (χ1v) is 8.82. The van der Waals surface area contributed by atoms with Crippen LogP contribution in [0, 0.1) is 6.92 Å². The number of hydrogen-bond donors (Lipinski definition) is 1. The van der Waals surface area contributed by atoms with Crippen molar-refractivity contribution in [1.29, 1.82) is 0 Å². The fourth-order valence-corrected chi connectivity index (χ4v) is 2.71. The zero-order valence-corrected chi connectivity index (χ0v) is 16.6. The van der Waals surface area contributed by atoms with Gasteiger partial charge in [-0.05, 0) is 38.0 Å². The molecule has 0 aromatic heterocycles. The normalized spacial score (nSPS) is 14.4. The summed E-state index contributed by atoms with van der Waals surface area (Å²) in [4.78, 5) is 6.22.